The van der Waals surface area contributed by atoms with Crippen LogP contribution >= 0.6 is 27.5 Å². The second-order valence-electron chi connectivity index (χ2n) is 5.09. The van der Waals surface area contributed by atoms with Crippen LogP contribution in [0.4, 0.5) is 5.82 Å². The maximum Gasteiger partial charge on any atom is 0.128 e. The van der Waals surface area contributed by atoms with Crippen molar-refractivity contribution in [2.24, 2.45) is 0 Å². The Labute approximate surface area is 139 Å². The van der Waals surface area contributed by atoms with Crippen molar-refractivity contribution in [1.29, 1.82) is 0 Å². The summed E-state index contributed by atoms with van der Waals surface area (Å²) < 4.78 is 1.14. The molecule has 3 N–H and O–H groups in total. The monoisotopic (exact) mass is 367 g/mol. The largest absolute Gasteiger partial charge is 0.383 e. The van der Waals surface area contributed by atoms with E-state index < -0.39 is 0 Å². The first-order valence-corrected chi connectivity index (χ1v) is 8.02. The van der Waals surface area contributed by atoms with Gasteiger partial charge in [0.2, 0.25) is 0 Å². The molecule has 0 spiro atoms. The van der Waals surface area contributed by atoms with E-state index in [9.17, 15) is 0 Å². The van der Waals surface area contributed by atoms with E-state index in [1.54, 1.807) is 6.20 Å². The van der Waals surface area contributed by atoms with Crippen LogP contribution in [0, 0.1) is 13.8 Å². The van der Waals surface area contributed by atoms with Crippen LogP contribution in [0.5, 0.6) is 0 Å². The molecule has 0 aliphatic carbocycles. The normalized spacial score (nSPS) is 12.4. The molecule has 3 nitrogen and oxygen atoms in total. The Bertz CT molecular complexity index is 635. The van der Waals surface area contributed by atoms with E-state index in [0.29, 0.717) is 10.8 Å². The van der Waals surface area contributed by atoms with E-state index in [-0.39, 0.29) is 6.04 Å². The Morgan fingerprint density at radius 2 is 1.90 bits per heavy atom. The molecule has 21 heavy (non-hydrogen) atoms. The Morgan fingerprint density at radius 3 is 2.48 bits per heavy atom. The third-order valence-electron chi connectivity index (χ3n) is 3.43. The quantitative estimate of drug-likeness (QED) is 0.841. The molecule has 0 aliphatic heterocycles. The van der Waals surface area contributed by atoms with Crippen molar-refractivity contribution in [2.45, 2.75) is 26.8 Å². The van der Waals surface area contributed by atoms with Crippen molar-refractivity contribution in [3.8, 4) is 0 Å². The highest BCUT2D eigenvalue weighted by Crippen LogP contribution is 2.31. The predicted molar refractivity (Wildman–Crippen MR) is 92.8 cm³/mol. The molecular weight excluding hydrogens is 350 g/mol. The van der Waals surface area contributed by atoms with Crippen LogP contribution < -0.4 is 11.1 Å². The number of nitrogens with one attached hydrogen (secondary N) is 1. The Kier molecular flexibility index (Phi) is 5.25. The smallest absolute Gasteiger partial charge is 0.128 e. The minimum Gasteiger partial charge on any atom is -0.383 e. The molecule has 0 saturated heterocycles. The van der Waals surface area contributed by atoms with Gasteiger partial charge < -0.3 is 11.1 Å². The highest BCUT2D eigenvalue weighted by molar-refractivity contribution is 9.10. The van der Waals surface area contributed by atoms with E-state index in [0.717, 1.165) is 22.1 Å². The molecule has 5 heteroatoms. The summed E-state index contributed by atoms with van der Waals surface area (Å²) in [5.74, 6) is 0.503. The fourth-order valence-electron chi connectivity index (χ4n) is 2.45. The lowest BCUT2D eigenvalue weighted by atomic mass is 9.96. The molecular formula is C16H19BrClN3. The van der Waals surface area contributed by atoms with Gasteiger partial charge in [0.25, 0.3) is 0 Å². The van der Waals surface area contributed by atoms with Gasteiger partial charge in [-0.25, -0.2) is 4.98 Å². The summed E-state index contributed by atoms with van der Waals surface area (Å²) in [7, 11) is 0. The third kappa shape index (κ3) is 3.57. The number of nitrogen functional groups attached to an aromatic ring is 1. The topological polar surface area (TPSA) is 50.9 Å². The van der Waals surface area contributed by atoms with Crippen LogP contribution in [-0.4, -0.2) is 11.5 Å². The van der Waals surface area contributed by atoms with Gasteiger partial charge in [-0.1, -0.05) is 46.6 Å². The maximum absolute atomic E-state index is 6.08. The number of nitrogens with zero attached hydrogens (tertiary/aromatic N) is 1. The molecule has 0 aliphatic rings. The maximum atomic E-state index is 6.08. The van der Waals surface area contributed by atoms with E-state index in [2.05, 4.69) is 59.1 Å². The number of hydrogen-bond donors (Lipinski definition) is 2. The van der Waals surface area contributed by atoms with Gasteiger partial charge in [0.15, 0.2) is 0 Å². The van der Waals surface area contributed by atoms with Crippen LogP contribution in [0.2, 0.25) is 5.02 Å². The summed E-state index contributed by atoms with van der Waals surface area (Å²) in [5, 5.41) is 4.05. The number of nitrogens with two attached hydrogens (primary N) is 1. The molecule has 1 heterocycles. The number of pyridine rings is 1. The Balaban J connectivity index is 2.56. The zero-order valence-corrected chi connectivity index (χ0v) is 14.7. The minimum absolute atomic E-state index is 0.0216. The highest BCUT2D eigenvalue weighted by Gasteiger charge is 2.18. The van der Waals surface area contributed by atoms with E-state index >= 15 is 0 Å². The fraction of sp³-hybridized carbons (Fsp3) is 0.312. The zero-order chi connectivity index (χ0) is 15.6. The lowest BCUT2D eigenvalue weighted by Gasteiger charge is -2.22. The molecule has 2 aromatic rings. The summed E-state index contributed by atoms with van der Waals surface area (Å²) in [5.41, 5.74) is 10.5. The minimum atomic E-state index is -0.0216. The molecule has 1 aromatic heterocycles. The molecule has 0 saturated carbocycles. The van der Waals surface area contributed by atoms with Gasteiger partial charge in [0.1, 0.15) is 5.82 Å². The van der Waals surface area contributed by atoms with Gasteiger partial charge in [0, 0.05) is 16.2 Å². The van der Waals surface area contributed by atoms with Crippen LogP contribution in [0.3, 0.4) is 0 Å². The number of benzene rings is 1. The standard InChI is InChI=1S/C16H19BrClN3/c1-4-20-15(13-7-12(18)8-21-16(13)19)11-5-9(2)14(17)10(3)6-11/h5-8,15,20H,4H2,1-3H3,(H2,19,21). The molecule has 1 unspecified atom stereocenters. The Morgan fingerprint density at radius 1 is 1.29 bits per heavy atom. The Hall–Kier alpha value is -1.10. The van der Waals surface area contributed by atoms with Crippen LogP contribution in [0.25, 0.3) is 0 Å². The number of aryl methyl sites for hydroxylation is 2. The van der Waals surface area contributed by atoms with Gasteiger partial charge in [0.05, 0.1) is 11.1 Å². The number of hydrogen-bond acceptors (Lipinski definition) is 3. The van der Waals surface area contributed by atoms with Gasteiger partial charge in [-0.2, -0.15) is 0 Å². The van der Waals surface area contributed by atoms with Crippen molar-refractivity contribution in [1.82, 2.24) is 10.3 Å². The van der Waals surface area contributed by atoms with E-state index in [1.165, 1.54) is 11.1 Å². The van der Waals surface area contributed by atoms with Crippen molar-refractivity contribution < 1.29 is 0 Å². The number of anilines is 1. The average Bonchev–Trinajstić information content (AvgIpc) is 2.44. The summed E-state index contributed by atoms with van der Waals surface area (Å²) in [6.45, 7) is 7.07. The molecule has 1 atom stereocenters. The number of aromatic nitrogens is 1. The predicted octanol–water partition coefficient (Wildman–Crippen LogP) is 4.40. The summed E-state index contributed by atoms with van der Waals surface area (Å²) in [6.07, 6.45) is 1.57. The lowest BCUT2D eigenvalue weighted by Crippen LogP contribution is -2.23. The van der Waals surface area contributed by atoms with Crippen LogP contribution in [0.15, 0.2) is 28.9 Å². The SMILES string of the molecule is CCNC(c1cc(C)c(Br)c(C)c1)c1cc(Cl)cnc1N. The van der Waals surface area contributed by atoms with Gasteiger partial charge in [-0.3, -0.25) is 0 Å². The summed E-state index contributed by atoms with van der Waals surface area (Å²) >= 11 is 9.69. The molecule has 0 amide bonds. The van der Waals surface area contributed by atoms with E-state index in [1.807, 2.05) is 6.07 Å². The highest BCUT2D eigenvalue weighted by atomic mass is 79.9. The molecule has 2 rings (SSSR count). The summed E-state index contributed by atoms with van der Waals surface area (Å²) in [4.78, 5) is 4.17. The summed E-state index contributed by atoms with van der Waals surface area (Å²) in [6, 6.07) is 6.17. The molecule has 0 bridgehead atoms. The first kappa shape index (κ1) is 16.3. The zero-order valence-electron chi connectivity index (χ0n) is 12.4. The second kappa shape index (κ2) is 6.77. The van der Waals surface area contributed by atoms with Crippen molar-refractivity contribution in [3.63, 3.8) is 0 Å². The van der Waals surface area contributed by atoms with Gasteiger partial charge in [-0.15, -0.1) is 0 Å². The van der Waals surface area contributed by atoms with Gasteiger partial charge >= 0.3 is 0 Å². The second-order valence-corrected chi connectivity index (χ2v) is 6.32. The number of rotatable bonds is 4. The molecule has 0 fully saturated rings. The lowest BCUT2D eigenvalue weighted by molar-refractivity contribution is 0.629. The van der Waals surface area contributed by atoms with Crippen LogP contribution in [-0.2, 0) is 0 Å². The number of halogens is 2. The molecule has 0 radical (unpaired) electrons. The third-order valence-corrected chi connectivity index (χ3v) is 4.89. The van der Waals surface area contributed by atoms with Crippen molar-refractivity contribution >= 4 is 33.3 Å². The van der Waals surface area contributed by atoms with Gasteiger partial charge in [-0.05, 0) is 43.1 Å². The van der Waals surface area contributed by atoms with Crippen molar-refractivity contribution in [2.75, 3.05) is 12.3 Å². The first-order chi connectivity index (χ1) is 9.93. The molecule has 1 aromatic carbocycles. The average molecular weight is 369 g/mol. The first-order valence-electron chi connectivity index (χ1n) is 6.85. The van der Waals surface area contributed by atoms with E-state index in [4.69, 9.17) is 17.3 Å². The van der Waals surface area contributed by atoms with Crippen LogP contribution in [0.1, 0.15) is 35.2 Å². The fourth-order valence-corrected chi connectivity index (χ4v) is 2.85. The molecule has 112 valence electrons. The van der Waals surface area contributed by atoms with Crippen molar-refractivity contribution in [3.05, 3.63) is 56.1 Å².